The topological polar surface area (TPSA) is 71.2 Å². The van der Waals surface area contributed by atoms with Crippen LogP contribution in [0.1, 0.15) is 5.56 Å². The number of hydrogen-bond acceptors (Lipinski definition) is 4. The first kappa shape index (κ1) is 11.5. The molecule has 0 bridgehead atoms. The Labute approximate surface area is 89.3 Å². The standard InChI is InChI=1S/C10H16N4O/c1-12-9(15)7-14(2)10-8(6-11)4-3-5-13-10/h3-5H,6-7,11H2,1-2H3,(H,12,15). The molecule has 0 fully saturated rings. The number of aromatic nitrogens is 1. The van der Waals surface area contributed by atoms with E-state index in [2.05, 4.69) is 10.3 Å². The minimum absolute atomic E-state index is 0.0499. The van der Waals surface area contributed by atoms with Crippen LogP contribution in [0.3, 0.4) is 0 Å². The van der Waals surface area contributed by atoms with E-state index in [0.29, 0.717) is 6.54 Å². The molecule has 1 rings (SSSR count). The van der Waals surface area contributed by atoms with Gasteiger partial charge in [0.1, 0.15) is 5.82 Å². The van der Waals surface area contributed by atoms with Crippen LogP contribution in [-0.2, 0) is 11.3 Å². The summed E-state index contributed by atoms with van der Waals surface area (Å²) in [6.45, 7) is 0.696. The predicted octanol–water partition coefficient (Wildman–Crippen LogP) is -0.278. The van der Waals surface area contributed by atoms with E-state index in [1.165, 1.54) is 0 Å². The van der Waals surface area contributed by atoms with Gasteiger partial charge in [0, 0.05) is 32.4 Å². The first-order chi connectivity index (χ1) is 7.19. The second-order valence-corrected chi connectivity index (χ2v) is 3.22. The van der Waals surface area contributed by atoms with Gasteiger partial charge >= 0.3 is 0 Å². The van der Waals surface area contributed by atoms with Crippen LogP contribution >= 0.6 is 0 Å². The number of carbonyl (C=O) groups is 1. The summed E-state index contributed by atoms with van der Waals surface area (Å²) in [5, 5.41) is 2.56. The van der Waals surface area contributed by atoms with Crippen LogP contribution in [-0.4, -0.2) is 31.5 Å². The highest BCUT2D eigenvalue weighted by molar-refractivity contribution is 5.80. The lowest BCUT2D eigenvalue weighted by atomic mass is 10.2. The molecule has 0 aliphatic heterocycles. The molecule has 0 saturated carbocycles. The first-order valence-corrected chi connectivity index (χ1v) is 4.74. The molecule has 1 heterocycles. The van der Waals surface area contributed by atoms with Crippen molar-refractivity contribution < 1.29 is 4.79 Å². The number of nitrogens with zero attached hydrogens (tertiary/aromatic N) is 2. The lowest BCUT2D eigenvalue weighted by molar-refractivity contribution is -0.119. The molecule has 0 aliphatic carbocycles. The highest BCUT2D eigenvalue weighted by Crippen LogP contribution is 2.14. The number of nitrogens with one attached hydrogen (secondary N) is 1. The quantitative estimate of drug-likeness (QED) is 0.714. The van der Waals surface area contributed by atoms with Crippen molar-refractivity contribution in [1.29, 1.82) is 0 Å². The summed E-state index contributed by atoms with van der Waals surface area (Å²) < 4.78 is 0. The molecule has 15 heavy (non-hydrogen) atoms. The number of hydrogen-bond donors (Lipinski definition) is 2. The number of rotatable bonds is 4. The van der Waals surface area contributed by atoms with Gasteiger partial charge in [-0.2, -0.15) is 0 Å². The van der Waals surface area contributed by atoms with Crippen molar-refractivity contribution in [3.63, 3.8) is 0 Å². The second kappa shape index (κ2) is 5.31. The molecule has 1 amide bonds. The largest absolute Gasteiger partial charge is 0.358 e. The number of amides is 1. The van der Waals surface area contributed by atoms with Gasteiger partial charge in [0.15, 0.2) is 0 Å². The van der Waals surface area contributed by atoms with Crippen LogP contribution in [0.4, 0.5) is 5.82 Å². The molecule has 0 spiro atoms. The summed E-state index contributed by atoms with van der Waals surface area (Å²) in [5.74, 6) is 0.703. The zero-order valence-electron chi connectivity index (χ0n) is 9.03. The number of carbonyl (C=O) groups excluding carboxylic acids is 1. The molecule has 0 saturated heterocycles. The van der Waals surface area contributed by atoms with Crippen LogP contribution < -0.4 is 16.0 Å². The van der Waals surface area contributed by atoms with Gasteiger partial charge in [-0.25, -0.2) is 4.98 Å². The van der Waals surface area contributed by atoms with Crippen molar-refractivity contribution in [3.05, 3.63) is 23.9 Å². The normalized spacial score (nSPS) is 9.80. The van der Waals surface area contributed by atoms with Crippen LogP contribution in [0.5, 0.6) is 0 Å². The maximum atomic E-state index is 11.2. The van der Waals surface area contributed by atoms with Crippen LogP contribution in [0, 0.1) is 0 Å². The Hall–Kier alpha value is -1.62. The summed E-state index contributed by atoms with van der Waals surface area (Å²) >= 11 is 0. The average Bonchev–Trinajstić information content (AvgIpc) is 2.28. The fraction of sp³-hybridized carbons (Fsp3) is 0.400. The molecule has 82 valence electrons. The van der Waals surface area contributed by atoms with Gasteiger partial charge in [0.25, 0.3) is 0 Å². The van der Waals surface area contributed by atoms with Gasteiger partial charge in [0.2, 0.25) is 5.91 Å². The van der Waals surface area contributed by atoms with Gasteiger partial charge in [-0.3, -0.25) is 4.79 Å². The van der Waals surface area contributed by atoms with E-state index < -0.39 is 0 Å². The van der Waals surface area contributed by atoms with E-state index in [4.69, 9.17) is 5.73 Å². The monoisotopic (exact) mass is 208 g/mol. The van der Waals surface area contributed by atoms with E-state index in [1.54, 1.807) is 18.1 Å². The third-order valence-corrected chi connectivity index (χ3v) is 2.11. The molecule has 1 aromatic rings. The SMILES string of the molecule is CNC(=O)CN(C)c1ncccc1CN. The lowest BCUT2D eigenvalue weighted by Crippen LogP contribution is -2.34. The van der Waals surface area contributed by atoms with Crippen LogP contribution in [0.2, 0.25) is 0 Å². The summed E-state index contributed by atoms with van der Waals surface area (Å²) in [6, 6.07) is 3.74. The van der Waals surface area contributed by atoms with E-state index in [9.17, 15) is 4.79 Å². The van der Waals surface area contributed by atoms with Crippen molar-refractivity contribution in [2.75, 3.05) is 25.5 Å². The van der Waals surface area contributed by atoms with Crippen molar-refractivity contribution >= 4 is 11.7 Å². The Morgan fingerprint density at radius 3 is 3.00 bits per heavy atom. The third-order valence-electron chi connectivity index (χ3n) is 2.11. The van der Waals surface area contributed by atoms with E-state index in [1.807, 2.05) is 19.2 Å². The molecular formula is C10H16N4O. The number of likely N-dealkylation sites (N-methyl/N-ethyl adjacent to an activating group) is 2. The molecule has 0 unspecified atom stereocenters. The summed E-state index contributed by atoms with van der Waals surface area (Å²) in [5.41, 5.74) is 6.52. The third kappa shape index (κ3) is 2.92. The number of anilines is 1. The fourth-order valence-corrected chi connectivity index (χ4v) is 1.30. The second-order valence-electron chi connectivity index (χ2n) is 3.22. The minimum atomic E-state index is -0.0499. The lowest BCUT2D eigenvalue weighted by Gasteiger charge is -2.19. The Morgan fingerprint density at radius 2 is 2.40 bits per heavy atom. The summed E-state index contributed by atoms with van der Waals surface area (Å²) in [4.78, 5) is 17.2. The Balaban J connectivity index is 2.80. The van der Waals surface area contributed by atoms with Crippen molar-refractivity contribution in [2.45, 2.75) is 6.54 Å². The highest BCUT2D eigenvalue weighted by atomic mass is 16.1. The maximum Gasteiger partial charge on any atom is 0.239 e. The maximum absolute atomic E-state index is 11.2. The molecule has 3 N–H and O–H groups in total. The number of pyridine rings is 1. The molecule has 1 aromatic heterocycles. The van der Waals surface area contributed by atoms with Crippen LogP contribution in [0.15, 0.2) is 18.3 Å². The first-order valence-electron chi connectivity index (χ1n) is 4.74. The average molecular weight is 208 g/mol. The molecule has 5 heteroatoms. The van der Waals surface area contributed by atoms with E-state index in [-0.39, 0.29) is 12.5 Å². The van der Waals surface area contributed by atoms with Gasteiger partial charge < -0.3 is 16.0 Å². The number of nitrogens with two attached hydrogens (primary N) is 1. The van der Waals surface area contributed by atoms with Gasteiger partial charge in [-0.05, 0) is 6.07 Å². The molecule has 5 nitrogen and oxygen atoms in total. The predicted molar refractivity (Wildman–Crippen MR) is 59.5 cm³/mol. The van der Waals surface area contributed by atoms with Crippen molar-refractivity contribution in [3.8, 4) is 0 Å². The highest BCUT2D eigenvalue weighted by Gasteiger charge is 2.09. The Morgan fingerprint density at radius 1 is 1.67 bits per heavy atom. The van der Waals surface area contributed by atoms with E-state index >= 15 is 0 Å². The zero-order chi connectivity index (χ0) is 11.3. The fourth-order valence-electron chi connectivity index (χ4n) is 1.30. The zero-order valence-corrected chi connectivity index (χ0v) is 9.03. The Bertz CT molecular complexity index is 340. The molecule has 0 aromatic carbocycles. The smallest absolute Gasteiger partial charge is 0.239 e. The summed E-state index contributed by atoms with van der Waals surface area (Å²) in [7, 11) is 3.43. The molecule has 0 aliphatic rings. The Kier molecular flexibility index (Phi) is 4.05. The van der Waals surface area contributed by atoms with Crippen LogP contribution in [0.25, 0.3) is 0 Å². The van der Waals surface area contributed by atoms with Gasteiger partial charge in [-0.1, -0.05) is 6.07 Å². The van der Waals surface area contributed by atoms with Crippen molar-refractivity contribution in [1.82, 2.24) is 10.3 Å². The molecule has 0 radical (unpaired) electrons. The van der Waals surface area contributed by atoms with Gasteiger partial charge in [-0.15, -0.1) is 0 Å². The summed E-state index contributed by atoms with van der Waals surface area (Å²) in [6.07, 6.45) is 1.69. The van der Waals surface area contributed by atoms with Crippen molar-refractivity contribution in [2.24, 2.45) is 5.73 Å². The minimum Gasteiger partial charge on any atom is -0.358 e. The molecular weight excluding hydrogens is 192 g/mol. The molecule has 0 atom stereocenters. The van der Waals surface area contributed by atoms with Gasteiger partial charge in [0.05, 0.1) is 6.54 Å². The van der Waals surface area contributed by atoms with E-state index in [0.717, 1.165) is 11.4 Å².